The van der Waals surface area contributed by atoms with Crippen LogP contribution in [0, 0.1) is 0 Å². The van der Waals surface area contributed by atoms with E-state index in [0.29, 0.717) is 37.4 Å². The predicted octanol–water partition coefficient (Wildman–Crippen LogP) is 2.04. The molecule has 1 amide bonds. The van der Waals surface area contributed by atoms with Gasteiger partial charge in [-0.15, -0.1) is 0 Å². The van der Waals surface area contributed by atoms with Crippen molar-refractivity contribution in [1.29, 1.82) is 0 Å². The molecule has 0 aliphatic carbocycles. The number of imidazole rings is 1. The van der Waals surface area contributed by atoms with Gasteiger partial charge in [0, 0.05) is 69.8 Å². The SMILES string of the molecule is COc1cc(=O)n2c(c1C(=O)NCCCn1ccnc1)CCN(CC=Cc1ccco1)CC2. The van der Waals surface area contributed by atoms with Crippen molar-refractivity contribution in [1.82, 2.24) is 24.3 Å². The summed E-state index contributed by atoms with van der Waals surface area (Å²) in [5.41, 5.74) is 1.03. The number of methoxy groups -OCH3 is 1. The Hall–Kier alpha value is -3.59. The molecule has 0 bridgehead atoms. The highest BCUT2D eigenvalue weighted by Crippen LogP contribution is 2.22. The van der Waals surface area contributed by atoms with Crippen molar-refractivity contribution in [3.63, 3.8) is 0 Å². The zero-order chi connectivity index (χ0) is 23.0. The number of furan rings is 1. The van der Waals surface area contributed by atoms with Crippen LogP contribution in [0.1, 0.15) is 28.2 Å². The molecule has 1 N–H and O–H groups in total. The van der Waals surface area contributed by atoms with Gasteiger partial charge >= 0.3 is 0 Å². The van der Waals surface area contributed by atoms with Crippen molar-refractivity contribution in [2.45, 2.75) is 25.9 Å². The summed E-state index contributed by atoms with van der Waals surface area (Å²) in [6, 6.07) is 5.17. The summed E-state index contributed by atoms with van der Waals surface area (Å²) in [5.74, 6) is 0.915. The molecular formula is C24H29N5O4. The number of hydrogen-bond acceptors (Lipinski definition) is 6. The third-order valence-electron chi connectivity index (χ3n) is 5.76. The molecule has 3 aromatic heterocycles. The average molecular weight is 452 g/mol. The van der Waals surface area contributed by atoms with Gasteiger partial charge in [0.1, 0.15) is 17.1 Å². The number of nitrogens with one attached hydrogen (secondary N) is 1. The Labute approximate surface area is 192 Å². The van der Waals surface area contributed by atoms with Gasteiger partial charge in [-0.1, -0.05) is 6.08 Å². The second-order valence-corrected chi connectivity index (χ2v) is 7.90. The molecule has 3 aromatic rings. The molecule has 0 saturated carbocycles. The summed E-state index contributed by atoms with van der Waals surface area (Å²) in [5, 5.41) is 2.98. The molecule has 4 heterocycles. The summed E-state index contributed by atoms with van der Waals surface area (Å²) < 4.78 is 14.4. The topological polar surface area (TPSA) is 94.5 Å². The number of hydrogen-bond donors (Lipinski definition) is 1. The Bertz CT molecular complexity index is 1130. The van der Waals surface area contributed by atoms with E-state index in [1.165, 1.54) is 13.2 Å². The normalized spacial score (nSPS) is 14.2. The van der Waals surface area contributed by atoms with Crippen LogP contribution in [0.15, 0.2) is 58.5 Å². The van der Waals surface area contributed by atoms with Crippen molar-refractivity contribution in [3.05, 3.63) is 76.6 Å². The molecule has 1 aliphatic heterocycles. The highest BCUT2D eigenvalue weighted by molar-refractivity contribution is 5.98. The first-order valence-corrected chi connectivity index (χ1v) is 11.1. The van der Waals surface area contributed by atoms with Crippen LogP contribution in [0.5, 0.6) is 5.75 Å². The van der Waals surface area contributed by atoms with Gasteiger partial charge in [0.25, 0.3) is 11.5 Å². The maximum atomic E-state index is 13.1. The summed E-state index contributed by atoms with van der Waals surface area (Å²) in [4.78, 5) is 32.1. The summed E-state index contributed by atoms with van der Waals surface area (Å²) in [7, 11) is 1.49. The largest absolute Gasteiger partial charge is 0.496 e. The van der Waals surface area contributed by atoms with E-state index >= 15 is 0 Å². The number of carbonyl (C=O) groups is 1. The number of nitrogens with zero attached hydrogens (tertiary/aromatic N) is 4. The van der Waals surface area contributed by atoms with Crippen LogP contribution < -0.4 is 15.6 Å². The number of carbonyl (C=O) groups excluding carboxylic acids is 1. The van der Waals surface area contributed by atoms with E-state index in [4.69, 9.17) is 9.15 Å². The standard InChI is InChI=1S/C24H29N5O4/c1-32-21-17-22(30)29-15-14-27(10-2-5-19-6-3-16-33-19)12-7-20(29)23(21)24(31)26-8-4-11-28-13-9-25-18-28/h2-3,5-6,9,13,16-18H,4,7-8,10-12,14-15H2,1H3,(H,26,31). The van der Waals surface area contributed by atoms with E-state index in [2.05, 4.69) is 15.2 Å². The highest BCUT2D eigenvalue weighted by Gasteiger charge is 2.24. The molecule has 0 unspecified atom stereocenters. The maximum absolute atomic E-state index is 13.1. The number of ether oxygens (including phenoxy) is 1. The molecule has 9 heteroatoms. The van der Waals surface area contributed by atoms with E-state index in [0.717, 1.165) is 37.5 Å². The monoisotopic (exact) mass is 451 g/mol. The lowest BCUT2D eigenvalue weighted by Gasteiger charge is -2.17. The van der Waals surface area contributed by atoms with Gasteiger partial charge in [-0.05, 0) is 24.6 Å². The fourth-order valence-electron chi connectivity index (χ4n) is 4.06. The van der Waals surface area contributed by atoms with Crippen LogP contribution in [0.2, 0.25) is 0 Å². The Morgan fingerprint density at radius 1 is 1.33 bits per heavy atom. The van der Waals surface area contributed by atoms with Crippen LogP contribution in [-0.4, -0.2) is 58.2 Å². The van der Waals surface area contributed by atoms with Crippen LogP contribution >= 0.6 is 0 Å². The number of fused-ring (bicyclic) bond motifs is 1. The summed E-state index contributed by atoms with van der Waals surface area (Å²) in [6.45, 7) is 3.99. The second-order valence-electron chi connectivity index (χ2n) is 7.90. The van der Waals surface area contributed by atoms with Gasteiger partial charge < -0.3 is 23.6 Å². The van der Waals surface area contributed by atoms with E-state index < -0.39 is 0 Å². The Kier molecular flexibility index (Phi) is 7.41. The fraction of sp³-hybridized carbons (Fsp3) is 0.375. The molecule has 0 fully saturated rings. The highest BCUT2D eigenvalue weighted by atomic mass is 16.5. The van der Waals surface area contributed by atoms with Gasteiger partial charge in [0.15, 0.2) is 0 Å². The van der Waals surface area contributed by atoms with E-state index in [9.17, 15) is 9.59 Å². The minimum absolute atomic E-state index is 0.147. The molecule has 1 aliphatic rings. The number of aromatic nitrogens is 3. The molecule has 0 saturated heterocycles. The third kappa shape index (κ3) is 5.61. The Morgan fingerprint density at radius 2 is 2.24 bits per heavy atom. The molecule has 9 nitrogen and oxygen atoms in total. The Balaban J connectivity index is 1.44. The van der Waals surface area contributed by atoms with Crippen LogP contribution in [0.4, 0.5) is 0 Å². The molecule has 174 valence electrons. The first-order valence-electron chi connectivity index (χ1n) is 11.1. The van der Waals surface area contributed by atoms with Gasteiger partial charge in [-0.2, -0.15) is 0 Å². The van der Waals surface area contributed by atoms with E-state index in [1.807, 2.05) is 35.0 Å². The van der Waals surface area contributed by atoms with E-state index in [-0.39, 0.29) is 11.5 Å². The van der Waals surface area contributed by atoms with Gasteiger partial charge in [0.05, 0.1) is 19.7 Å². The van der Waals surface area contributed by atoms with E-state index in [1.54, 1.807) is 23.4 Å². The van der Waals surface area contributed by atoms with Gasteiger partial charge in [0.2, 0.25) is 0 Å². The minimum atomic E-state index is -0.215. The number of amides is 1. The van der Waals surface area contributed by atoms with Crippen molar-refractivity contribution in [2.75, 3.05) is 33.3 Å². The molecule has 4 rings (SSSR count). The lowest BCUT2D eigenvalue weighted by atomic mass is 10.1. The zero-order valence-corrected chi connectivity index (χ0v) is 18.8. The Morgan fingerprint density at radius 3 is 3.00 bits per heavy atom. The van der Waals surface area contributed by atoms with Gasteiger partial charge in [-0.25, -0.2) is 4.98 Å². The third-order valence-corrected chi connectivity index (χ3v) is 5.76. The zero-order valence-electron chi connectivity index (χ0n) is 18.8. The minimum Gasteiger partial charge on any atom is -0.496 e. The van der Waals surface area contributed by atoms with Gasteiger partial charge in [-0.3, -0.25) is 14.5 Å². The molecule has 0 aromatic carbocycles. The summed E-state index contributed by atoms with van der Waals surface area (Å²) in [6.07, 6.45) is 12.4. The number of pyridine rings is 1. The number of aryl methyl sites for hydroxylation is 1. The molecule has 0 spiro atoms. The average Bonchev–Trinajstić information content (AvgIpc) is 3.49. The lowest BCUT2D eigenvalue weighted by Crippen LogP contribution is -2.32. The maximum Gasteiger partial charge on any atom is 0.256 e. The quantitative estimate of drug-likeness (QED) is 0.501. The molecule has 0 radical (unpaired) electrons. The predicted molar refractivity (Wildman–Crippen MR) is 124 cm³/mol. The number of rotatable bonds is 9. The van der Waals surface area contributed by atoms with Crippen molar-refractivity contribution in [3.8, 4) is 5.75 Å². The van der Waals surface area contributed by atoms with Crippen molar-refractivity contribution >= 4 is 12.0 Å². The van der Waals surface area contributed by atoms with Crippen LogP contribution in [0.25, 0.3) is 6.08 Å². The van der Waals surface area contributed by atoms with Crippen molar-refractivity contribution in [2.24, 2.45) is 0 Å². The van der Waals surface area contributed by atoms with Crippen LogP contribution in [-0.2, 0) is 19.5 Å². The molecular weight excluding hydrogens is 422 g/mol. The molecule has 33 heavy (non-hydrogen) atoms. The smallest absolute Gasteiger partial charge is 0.256 e. The van der Waals surface area contributed by atoms with Crippen LogP contribution in [0.3, 0.4) is 0 Å². The second kappa shape index (κ2) is 10.8. The first-order chi connectivity index (χ1) is 16.2. The lowest BCUT2D eigenvalue weighted by molar-refractivity contribution is 0.0947. The summed E-state index contributed by atoms with van der Waals surface area (Å²) >= 11 is 0. The van der Waals surface area contributed by atoms with Crippen molar-refractivity contribution < 1.29 is 13.9 Å². The first kappa shape index (κ1) is 22.6. The fourth-order valence-corrected chi connectivity index (χ4v) is 4.06. The molecule has 0 atom stereocenters.